The Kier molecular flexibility index (Phi) is 5.30. The third-order valence-electron chi connectivity index (χ3n) is 2.95. The topological polar surface area (TPSA) is 55.6 Å². The van der Waals surface area contributed by atoms with Crippen LogP contribution in [0.4, 0.5) is 4.39 Å². The molecular formula is C14H21FN2O2. The molecule has 1 aromatic rings. The zero-order valence-electron chi connectivity index (χ0n) is 11.6. The van der Waals surface area contributed by atoms with Crippen LogP contribution in [0.25, 0.3) is 0 Å². The van der Waals surface area contributed by atoms with Crippen LogP contribution in [-0.4, -0.2) is 37.6 Å². The molecule has 0 saturated heterocycles. The quantitative estimate of drug-likeness (QED) is 0.853. The van der Waals surface area contributed by atoms with Crippen molar-refractivity contribution in [3.05, 3.63) is 30.1 Å². The minimum atomic E-state index is -0.565. The maximum Gasteiger partial charge on any atom is 0.229 e. The Balaban J connectivity index is 2.40. The molecule has 0 aliphatic heterocycles. The Morgan fingerprint density at radius 3 is 2.47 bits per heavy atom. The van der Waals surface area contributed by atoms with E-state index in [2.05, 4.69) is 0 Å². The molecule has 0 spiro atoms. The van der Waals surface area contributed by atoms with Gasteiger partial charge in [0.05, 0.1) is 12.0 Å². The molecule has 0 aromatic heterocycles. The molecule has 2 N–H and O–H groups in total. The van der Waals surface area contributed by atoms with E-state index in [-0.39, 0.29) is 11.7 Å². The number of ether oxygens (including phenoxy) is 1. The number of nitrogens with zero attached hydrogens (tertiary/aromatic N) is 1. The molecule has 0 atom stereocenters. The van der Waals surface area contributed by atoms with Crippen molar-refractivity contribution in [3.8, 4) is 5.75 Å². The van der Waals surface area contributed by atoms with Crippen LogP contribution in [0.5, 0.6) is 5.75 Å². The third kappa shape index (κ3) is 4.52. The van der Waals surface area contributed by atoms with E-state index in [0.29, 0.717) is 25.4 Å². The SMILES string of the molecule is CN(CCOc1ccc(F)cc1)C(=O)C(C)(C)CN. The Labute approximate surface area is 113 Å². The fraction of sp³-hybridized carbons (Fsp3) is 0.500. The van der Waals surface area contributed by atoms with Gasteiger partial charge in [-0.05, 0) is 38.1 Å². The van der Waals surface area contributed by atoms with Crippen molar-refractivity contribution >= 4 is 5.91 Å². The molecule has 1 amide bonds. The smallest absolute Gasteiger partial charge is 0.229 e. The Morgan fingerprint density at radius 2 is 1.95 bits per heavy atom. The molecule has 0 aliphatic carbocycles. The molecular weight excluding hydrogens is 247 g/mol. The summed E-state index contributed by atoms with van der Waals surface area (Å²) in [6, 6.07) is 5.78. The van der Waals surface area contributed by atoms with E-state index in [1.807, 2.05) is 13.8 Å². The molecule has 0 fully saturated rings. The molecule has 0 heterocycles. The molecule has 19 heavy (non-hydrogen) atoms. The van der Waals surface area contributed by atoms with Crippen molar-refractivity contribution in [2.75, 3.05) is 26.7 Å². The average Bonchev–Trinajstić information content (AvgIpc) is 2.40. The Bertz CT molecular complexity index is 418. The normalized spacial score (nSPS) is 11.2. The van der Waals surface area contributed by atoms with Crippen molar-refractivity contribution < 1.29 is 13.9 Å². The average molecular weight is 268 g/mol. The number of carbonyl (C=O) groups excluding carboxylic acids is 1. The van der Waals surface area contributed by atoms with E-state index >= 15 is 0 Å². The molecule has 5 heteroatoms. The van der Waals surface area contributed by atoms with E-state index < -0.39 is 5.41 Å². The first-order chi connectivity index (χ1) is 8.86. The van der Waals surface area contributed by atoms with Crippen LogP contribution in [0, 0.1) is 11.2 Å². The summed E-state index contributed by atoms with van der Waals surface area (Å²) < 4.78 is 18.1. The number of amides is 1. The number of carbonyl (C=O) groups is 1. The van der Waals surface area contributed by atoms with Gasteiger partial charge in [-0.2, -0.15) is 0 Å². The van der Waals surface area contributed by atoms with Crippen molar-refractivity contribution in [3.63, 3.8) is 0 Å². The highest BCUT2D eigenvalue weighted by Gasteiger charge is 2.28. The Morgan fingerprint density at radius 1 is 1.37 bits per heavy atom. The van der Waals surface area contributed by atoms with Crippen LogP contribution in [-0.2, 0) is 4.79 Å². The number of hydrogen-bond donors (Lipinski definition) is 1. The number of nitrogens with two attached hydrogens (primary N) is 1. The first-order valence-corrected chi connectivity index (χ1v) is 6.21. The maximum atomic E-state index is 12.7. The second kappa shape index (κ2) is 6.52. The minimum absolute atomic E-state index is 0.0160. The van der Waals surface area contributed by atoms with Crippen LogP contribution in [0.15, 0.2) is 24.3 Å². The molecule has 0 saturated carbocycles. The highest BCUT2D eigenvalue weighted by atomic mass is 19.1. The van der Waals surface area contributed by atoms with Gasteiger partial charge in [0.2, 0.25) is 5.91 Å². The largest absolute Gasteiger partial charge is 0.492 e. The molecule has 1 aromatic carbocycles. The fourth-order valence-electron chi connectivity index (χ4n) is 1.54. The van der Waals surface area contributed by atoms with Crippen LogP contribution in [0.3, 0.4) is 0 Å². The summed E-state index contributed by atoms with van der Waals surface area (Å²) in [5.41, 5.74) is 5.00. The van der Waals surface area contributed by atoms with Gasteiger partial charge < -0.3 is 15.4 Å². The standard InChI is InChI=1S/C14H21FN2O2/c1-14(2,10-16)13(18)17(3)8-9-19-12-6-4-11(15)5-7-12/h4-7H,8-10,16H2,1-3H3. The van der Waals surface area contributed by atoms with E-state index in [9.17, 15) is 9.18 Å². The van der Waals surface area contributed by atoms with Gasteiger partial charge in [0.1, 0.15) is 18.2 Å². The highest BCUT2D eigenvalue weighted by Crippen LogP contribution is 2.16. The lowest BCUT2D eigenvalue weighted by atomic mass is 9.92. The summed E-state index contributed by atoms with van der Waals surface area (Å²) in [6.45, 7) is 4.74. The monoisotopic (exact) mass is 268 g/mol. The summed E-state index contributed by atoms with van der Waals surface area (Å²) in [6.07, 6.45) is 0. The molecule has 1 rings (SSSR count). The van der Waals surface area contributed by atoms with E-state index in [1.165, 1.54) is 12.1 Å². The lowest BCUT2D eigenvalue weighted by Gasteiger charge is -2.28. The van der Waals surface area contributed by atoms with Crippen molar-refractivity contribution in [2.24, 2.45) is 11.1 Å². The second-order valence-electron chi connectivity index (χ2n) is 5.12. The van der Waals surface area contributed by atoms with Crippen LogP contribution in [0.2, 0.25) is 0 Å². The van der Waals surface area contributed by atoms with Gasteiger partial charge in [0.15, 0.2) is 0 Å². The van der Waals surface area contributed by atoms with Gasteiger partial charge in [0.25, 0.3) is 0 Å². The van der Waals surface area contributed by atoms with Gasteiger partial charge in [0, 0.05) is 13.6 Å². The molecule has 0 radical (unpaired) electrons. The second-order valence-corrected chi connectivity index (χ2v) is 5.12. The molecule has 106 valence electrons. The molecule has 0 unspecified atom stereocenters. The van der Waals surface area contributed by atoms with Gasteiger partial charge in [-0.1, -0.05) is 0 Å². The van der Waals surface area contributed by atoms with Crippen LogP contribution in [0.1, 0.15) is 13.8 Å². The predicted molar refractivity (Wildman–Crippen MR) is 72.4 cm³/mol. The molecule has 0 bridgehead atoms. The summed E-state index contributed by atoms with van der Waals surface area (Å²) in [5, 5.41) is 0. The number of benzene rings is 1. The van der Waals surface area contributed by atoms with Crippen molar-refractivity contribution in [1.29, 1.82) is 0 Å². The zero-order valence-corrected chi connectivity index (χ0v) is 11.6. The zero-order chi connectivity index (χ0) is 14.5. The van der Waals surface area contributed by atoms with Gasteiger partial charge in [-0.3, -0.25) is 4.79 Å². The number of halogens is 1. The van der Waals surface area contributed by atoms with E-state index in [4.69, 9.17) is 10.5 Å². The minimum Gasteiger partial charge on any atom is -0.492 e. The predicted octanol–water partition coefficient (Wildman–Crippen LogP) is 1.65. The lowest BCUT2D eigenvalue weighted by molar-refractivity contribution is -0.138. The van der Waals surface area contributed by atoms with Gasteiger partial charge in [-0.25, -0.2) is 4.39 Å². The highest BCUT2D eigenvalue weighted by molar-refractivity contribution is 5.81. The molecule has 4 nitrogen and oxygen atoms in total. The van der Waals surface area contributed by atoms with Crippen molar-refractivity contribution in [1.82, 2.24) is 4.90 Å². The lowest BCUT2D eigenvalue weighted by Crippen LogP contribution is -2.44. The van der Waals surface area contributed by atoms with E-state index in [1.54, 1.807) is 24.1 Å². The number of hydrogen-bond acceptors (Lipinski definition) is 3. The number of rotatable bonds is 6. The van der Waals surface area contributed by atoms with Crippen molar-refractivity contribution in [2.45, 2.75) is 13.8 Å². The van der Waals surface area contributed by atoms with E-state index in [0.717, 1.165) is 0 Å². The van der Waals surface area contributed by atoms with Crippen LogP contribution < -0.4 is 10.5 Å². The summed E-state index contributed by atoms with van der Waals surface area (Å²) in [4.78, 5) is 13.6. The first-order valence-electron chi connectivity index (χ1n) is 6.21. The van der Waals surface area contributed by atoms with Crippen LogP contribution >= 0.6 is 0 Å². The third-order valence-corrected chi connectivity index (χ3v) is 2.95. The summed E-state index contributed by atoms with van der Waals surface area (Å²) in [7, 11) is 1.72. The summed E-state index contributed by atoms with van der Waals surface area (Å²) in [5.74, 6) is 0.266. The Hall–Kier alpha value is -1.62. The van der Waals surface area contributed by atoms with Gasteiger partial charge in [-0.15, -0.1) is 0 Å². The first kappa shape index (κ1) is 15.4. The van der Waals surface area contributed by atoms with Gasteiger partial charge >= 0.3 is 0 Å². The fourth-order valence-corrected chi connectivity index (χ4v) is 1.54. The molecule has 0 aliphatic rings. The maximum absolute atomic E-state index is 12.7. The summed E-state index contributed by atoms with van der Waals surface area (Å²) >= 11 is 0. The number of likely N-dealkylation sites (N-methyl/N-ethyl adjacent to an activating group) is 1.